The van der Waals surface area contributed by atoms with Crippen LogP contribution in [0.2, 0.25) is 0 Å². The Labute approximate surface area is 96.2 Å². The highest BCUT2D eigenvalue weighted by Gasteiger charge is 2.22. The lowest BCUT2D eigenvalue weighted by atomic mass is 10.2. The average Bonchev–Trinajstić information content (AvgIpc) is 3.10. The van der Waals surface area contributed by atoms with Gasteiger partial charge in [-0.25, -0.2) is 9.97 Å². The van der Waals surface area contributed by atoms with Gasteiger partial charge in [0.15, 0.2) is 5.78 Å². The maximum atomic E-state index is 11.2. The lowest BCUT2D eigenvalue weighted by Gasteiger charge is -2.02. The summed E-state index contributed by atoms with van der Waals surface area (Å²) in [5.41, 5.74) is 0.505. The van der Waals surface area contributed by atoms with Gasteiger partial charge in [-0.2, -0.15) is 0 Å². The zero-order valence-corrected chi connectivity index (χ0v) is 9.74. The third-order valence-corrected chi connectivity index (χ3v) is 2.73. The Balaban J connectivity index is 1.93. The monoisotopic (exact) mass is 270 g/mol. The van der Waals surface area contributed by atoms with Gasteiger partial charge in [-0.1, -0.05) is 15.9 Å². The van der Waals surface area contributed by atoms with Crippen molar-refractivity contribution in [2.75, 3.05) is 11.9 Å². The van der Waals surface area contributed by atoms with E-state index < -0.39 is 0 Å². The standard InChI is InChI=1S/C10H11BrN2O2/c11-3-9(14)8-4-12-10(13-5-8)15-6-7-1-2-7/h4-5,7H,1-3,6H2. The van der Waals surface area contributed by atoms with E-state index in [4.69, 9.17) is 4.74 Å². The maximum Gasteiger partial charge on any atom is 0.316 e. The van der Waals surface area contributed by atoms with Crippen molar-refractivity contribution in [3.8, 4) is 6.01 Å². The van der Waals surface area contributed by atoms with Crippen molar-refractivity contribution in [3.63, 3.8) is 0 Å². The van der Waals surface area contributed by atoms with Crippen molar-refractivity contribution in [2.24, 2.45) is 5.92 Å². The summed E-state index contributed by atoms with van der Waals surface area (Å²) >= 11 is 3.09. The lowest BCUT2D eigenvalue weighted by molar-refractivity contribution is 0.102. The summed E-state index contributed by atoms with van der Waals surface area (Å²) in [5.74, 6) is 0.654. The van der Waals surface area contributed by atoms with Crippen LogP contribution in [0, 0.1) is 5.92 Å². The van der Waals surface area contributed by atoms with Crippen molar-refractivity contribution >= 4 is 21.7 Å². The Morgan fingerprint density at radius 1 is 1.47 bits per heavy atom. The minimum atomic E-state index is -0.0243. The maximum absolute atomic E-state index is 11.2. The number of carbonyl (C=O) groups excluding carboxylic acids is 1. The molecule has 0 N–H and O–H groups in total. The number of hydrogen-bond acceptors (Lipinski definition) is 4. The summed E-state index contributed by atoms with van der Waals surface area (Å²) in [6.07, 6.45) is 5.47. The summed E-state index contributed by atoms with van der Waals surface area (Å²) in [6.45, 7) is 0.686. The number of aromatic nitrogens is 2. The highest BCUT2D eigenvalue weighted by atomic mass is 79.9. The first-order valence-corrected chi connectivity index (χ1v) is 5.95. The molecule has 1 aromatic rings. The highest BCUT2D eigenvalue weighted by molar-refractivity contribution is 9.09. The fourth-order valence-corrected chi connectivity index (χ4v) is 1.41. The largest absolute Gasteiger partial charge is 0.463 e. The van der Waals surface area contributed by atoms with Crippen LogP contribution in [0.5, 0.6) is 6.01 Å². The van der Waals surface area contributed by atoms with E-state index in [0.29, 0.717) is 29.4 Å². The van der Waals surface area contributed by atoms with E-state index >= 15 is 0 Å². The number of Topliss-reactive ketones (excluding diaryl/α,β-unsaturated/α-hetero) is 1. The molecule has 0 amide bonds. The molecule has 1 heterocycles. The number of ether oxygens (including phenoxy) is 1. The molecule has 1 aliphatic carbocycles. The van der Waals surface area contributed by atoms with Gasteiger partial charge in [-0.15, -0.1) is 0 Å². The van der Waals surface area contributed by atoms with E-state index in [9.17, 15) is 4.79 Å². The smallest absolute Gasteiger partial charge is 0.316 e. The van der Waals surface area contributed by atoms with E-state index in [1.807, 2.05) is 0 Å². The van der Waals surface area contributed by atoms with Gasteiger partial charge in [0, 0.05) is 12.4 Å². The molecule has 1 aromatic heterocycles. The quantitative estimate of drug-likeness (QED) is 0.605. The van der Waals surface area contributed by atoms with Crippen LogP contribution in [0.4, 0.5) is 0 Å². The van der Waals surface area contributed by atoms with Crippen LogP contribution in [0.3, 0.4) is 0 Å². The Hall–Kier alpha value is -0.970. The van der Waals surface area contributed by atoms with Gasteiger partial charge in [-0.3, -0.25) is 4.79 Å². The predicted molar refractivity (Wildman–Crippen MR) is 58.4 cm³/mol. The number of ketones is 1. The zero-order valence-electron chi connectivity index (χ0n) is 8.15. The van der Waals surface area contributed by atoms with E-state index in [1.165, 1.54) is 25.2 Å². The Morgan fingerprint density at radius 3 is 2.67 bits per heavy atom. The number of hydrogen-bond donors (Lipinski definition) is 0. The first-order chi connectivity index (χ1) is 7.29. The second-order valence-corrected chi connectivity index (χ2v) is 4.13. The van der Waals surface area contributed by atoms with Crippen LogP contribution in [0.15, 0.2) is 12.4 Å². The third kappa shape index (κ3) is 2.99. The molecular weight excluding hydrogens is 260 g/mol. The van der Waals surface area contributed by atoms with Crippen LogP contribution in [0.1, 0.15) is 23.2 Å². The van der Waals surface area contributed by atoms with Crippen LogP contribution in [-0.4, -0.2) is 27.7 Å². The fraction of sp³-hybridized carbons (Fsp3) is 0.500. The second-order valence-electron chi connectivity index (χ2n) is 3.57. The molecule has 0 spiro atoms. The number of carbonyl (C=O) groups is 1. The third-order valence-electron chi connectivity index (χ3n) is 2.22. The lowest BCUT2D eigenvalue weighted by Crippen LogP contribution is -2.05. The Bertz CT molecular complexity index is 349. The molecule has 15 heavy (non-hydrogen) atoms. The number of halogens is 1. The first-order valence-electron chi connectivity index (χ1n) is 4.83. The number of nitrogens with zero attached hydrogens (tertiary/aromatic N) is 2. The second kappa shape index (κ2) is 4.70. The van der Waals surface area contributed by atoms with Crippen LogP contribution in [-0.2, 0) is 0 Å². The molecule has 0 unspecified atom stereocenters. The molecule has 4 nitrogen and oxygen atoms in total. The molecule has 80 valence electrons. The molecule has 1 fully saturated rings. The summed E-state index contributed by atoms with van der Waals surface area (Å²) in [4.78, 5) is 19.2. The van der Waals surface area contributed by atoms with Gasteiger partial charge in [0.2, 0.25) is 0 Å². The predicted octanol–water partition coefficient (Wildman–Crippen LogP) is 1.84. The van der Waals surface area contributed by atoms with E-state index in [0.717, 1.165) is 0 Å². The molecule has 0 radical (unpaired) electrons. The van der Waals surface area contributed by atoms with Gasteiger partial charge in [0.1, 0.15) is 0 Å². The number of rotatable bonds is 5. The van der Waals surface area contributed by atoms with Crippen molar-refractivity contribution in [3.05, 3.63) is 18.0 Å². The van der Waals surface area contributed by atoms with Gasteiger partial charge in [0.05, 0.1) is 17.5 Å². The zero-order chi connectivity index (χ0) is 10.7. The Morgan fingerprint density at radius 2 is 2.13 bits per heavy atom. The van der Waals surface area contributed by atoms with Gasteiger partial charge >= 0.3 is 6.01 Å². The fourth-order valence-electron chi connectivity index (χ4n) is 1.09. The molecule has 0 bridgehead atoms. The first kappa shape index (κ1) is 10.5. The molecule has 0 saturated heterocycles. The van der Waals surface area contributed by atoms with E-state index in [2.05, 4.69) is 25.9 Å². The van der Waals surface area contributed by atoms with Crippen molar-refractivity contribution < 1.29 is 9.53 Å². The summed E-state index contributed by atoms with van der Waals surface area (Å²) in [7, 11) is 0. The highest BCUT2D eigenvalue weighted by Crippen LogP contribution is 2.28. The van der Waals surface area contributed by atoms with E-state index in [-0.39, 0.29) is 5.78 Å². The minimum absolute atomic E-state index is 0.0243. The summed E-state index contributed by atoms with van der Waals surface area (Å²) in [6, 6.07) is 0.355. The van der Waals surface area contributed by atoms with Crippen LogP contribution in [0.25, 0.3) is 0 Å². The van der Waals surface area contributed by atoms with Gasteiger partial charge < -0.3 is 4.74 Å². The number of alkyl halides is 1. The Kier molecular flexibility index (Phi) is 3.30. The van der Waals surface area contributed by atoms with Crippen molar-refractivity contribution in [1.29, 1.82) is 0 Å². The molecule has 0 aromatic carbocycles. The molecule has 5 heteroatoms. The summed E-state index contributed by atoms with van der Waals surface area (Å²) in [5, 5.41) is 0.290. The average molecular weight is 271 g/mol. The van der Waals surface area contributed by atoms with Gasteiger partial charge in [0.25, 0.3) is 0 Å². The summed E-state index contributed by atoms with van der Waals surface area (Å²) < 4.78 is 5.35. The molecule has 1 aliphatic rings. The van der Waals surface area contributed by atoms with Crippen LogP contribution >= 0.6 is 15.9 Å². The molecule has 1 saturated carbocycles. The molecule has 2 rings (SSSR count). The topological polar surface area (TPSA) is 52.1 Å². The van der Waals surface area contributed by atoms with E-state index in [1.54, 1.807) is 0 Å². The van der Waals surface area contributed by atoms with Gasteiger partial charge in [-0.05, 0) is 18.8 Å². The molecule has 0 aliphatic heterocycles. The molecular formula is C10H11BrN2O2. The normalized spacial score (nSPS) is 15.0. The van der Waals surface area contributed by atoms with Crippen molar-refractivity contribution in [2.45, 2.75) is 12.8 Å². The molecule has 0 atom stereocenters. The van der Waals surface area contributed by atoms with Crippen molar-refractivity contribution in [1.82, 2.24) is 9.97 Å². The SMILES string of the molecule is O=C(CBr)c1cnc(OCC2CC2)nc1. The van der Waals surface area contributed by atoms with Crippen LogP contribution < -0.4 is 4.74 Å². The minimum Gasteiger partial charge on any atom is -0.463 e.